The van der Waals surface area contributed by atoms with Crippen LogP contribution in [-0.4, -0.2) is 38.0 Å². The maximum Gasteiger partial charge on any atom is 0.341 e. The van der Waals surface area contributed by atoms with Gasteiger partial charge in [0.1, 0.15) is 10.0 Å². The van der Waals surface area contributed by atoms with Crippen LogP contribution in [0.3, 0.4) is 0 Å². The van der Waals surface area contributed by atoms with Gasteiger partial charge in [0.2, 0.25) is 0 Å². The number of hydrogen-bond acceptors (Lipinski definition) is 8. The second-order valence-corrected chi connectivity index (χ2v) is 13.1. The van der Waals surface area contributed by atoms with Gasteiger partial charge in [-0.25, -0.2) is 9.59 Å². The van der Waals surface area contributed by atoms with Crippen molar-refractivity contribution in [3.05, 3.63) is 67.4 Å². The number of esters is 2. The molecule has 3 aromatic rings. The Bertz CT molecular complexity index is 1410. The van der Waals surface area contributed by atoms with Crippen molar-refractivity contribution >= 4 is 56.4 Å². The van der Waals surface area contributed by atoms with E-state index in [4.69, 9.17) is 9.47 Å². The molecule has 2 N–H and O–H groups in total. The van der Waals surface area contributed by atoms with Crippen molar-refractivity contribution in [1.82, 2.24) is 0 Å². The lowest BCUT2D eigenvalue weighted by Gasteiger charge is -2.20. The molecule has 2 heterocycles. The molecule has 10 heteroatoms. The molecule has 5 rings (SSSR count). The molecule has 0 fully saturated rings. The van der Waals surface area contributed by atoms with E-state index in [1.54, 1.807) is 24.3 Å². The van der Waals surface area contributed by atoms with Gasteiger partial charge in [-0.3, -0.25) is 9.59 Å². The molecule has 0 aliphatic heterocycles. The number of methoxy groups -OCH3 is 2. The molecule has 2 unspecified atom stereocenters. The predicted molar refractivity (Wildman–Crippen MR) is 165 cm³/mol. The number of ether oxygens (including phenoxy) is 2. The summed E-state index contributed by atoms with van der Waals surface area (Å²) in [6.45, 7) is 4.34. The Hall–Kier alpha value is -3.50. The zero-order valence-corrected chi connectivity index (χ0v) is 26.0. The van der Waals surface area contributed by atoms with E-state index in [0.29, 0.717) is 44.1 Å². The zero-order valence-electron chi connectivity index (χ0n) is 24.4. The van der Waals surface area contributed by atoms with Gasteiger partial charge in [0, 0.05) is 20.9 Å². The molecular formula is C32H36N2O6S2. The number of carbonyl (C=O) groups excluding carboxylic acids is 4. The molecule has 2 atom stereocenters. The summed E-state index contributed by atoms with van der Waals surface area (Å²) in [6, 6.07) is 6.31. The van der Waals surface area contributed by atoms with E-state index < -0.39 is 11.9 Å². The molecule has 0 radical (unpaired) electrons. The highest BCUT2D eigenvalue weighted by molar-refractivity contribution is 7.17. The summed E-state index contributed by atoms with van der Waals surface area (Å²) in [5.74, 6) is -0.502. The maximum absolute atomic E-state index is 13.2. The standard InChI is InChI=1S/C32H36N2O6S2/c1-5-17-7-13-21-23(15-17)41-29(25(21)31(37)39-3)33-27(35)19-9-11-20(12-10-19)28(36)34-30-26(32(38)40-4)22-14-8-18(6-2)16-24(22)42-30/h9-12,17-18H,5-8,13-16H2,1-4H3,(H,33,35)(H,34,36). The smallest absolute Gasteiger partial charge is 0.341 e. The van der Waals surface area contributed by atoms with E-state index in [9.17, 15) is 19.2 Å². The van der Waals surface area contributed by atoms with Gasteiger partial charge in [-0.2, -0.15) is 0 Å². The van der Waals surface area contributed by atoms with Crippen molar-refractivity contribution in [3.8, 4) is 0 Å². The second-order valence-electron chi connectivity index (χ2n) is 10.9. The third-order valence-electron chi connectivity index (χ3n) is 8.53. The molecule has 1 aromatic carbocycles. The molecule has 0 saturated heterocycles. The van der Waals surface area contributed by atoms with Crippen LogP contribution in [0.1, 0.15) is 102 Å². The van der Waals surface area contributed by atoms with Crippen molar-refractivity contribution in [2.75, 3.05) is 24.9 Å². The molecule has 2 aliphatic carbocycles. The molecule has 0 spiro atoms. The highest BCUT2D eigenvalue weighted by Crippen LogP contribution is 2.42. The average molecular weight is 609 g/mol. The summed E-state index contributed by atoms with van der Waals surface area (Å²) in [7, 11) is 2.70. The molecule has 0 bridgehead atoms. The molecule has 42 heavy (non-hydrogen) atoms. The third-order valence-corrected chi connectivity index (χ3v) is 10.9. The van der Waals surface area contributed by atoms with Gasteiger partial charge in [-0.15, -0.1) is 22.7 Å². The van der Waals surface area contributed by atoms with Crippen molar-refractivity contribution in [1.29, 1.82) is 0 Å². The fourth-order valence-electron chi connectivity index (χ4n) is 5.94. The fourth-order valence-corrected chi connectivity index (χ4v) is 8.63. The van der Waals surface area contributed by atoms with E-state index in [1.807, 2.05) is 0 Å². The molecule has 2 aliphatic rings. The van der Waals surface area contributed by atoms with Crippen LogP contribution in [0.25, 0.3) is 0 Å². The molecule has 2 aromatic heterocycles. The Kier molecular flexibility index (Phi) is 9.13. The zero-order chi connectivity index (χ0) is 30.0. The van der Waals surface area contributed by atoms with E-state index in [-0.39, 0.29) is 11.8 Å². The first-order chi connectivity index (χ1) is 20.3. The Labute approximate surface area is 253 Å². The van der Waals surface area contributed by atoms with Crippen molar-refractivity contribution in [3.63, 3.8) is 0 Å². The highest BCUT2D eigenvalue weighted by atomic mass is 32.1. The average Bonchev–Trinajstić information content (AvgIpc) is 3.56. The van der Waals surface area contributed by atoms with Crippen molar-refractivity contribution < 1.29 is 28.7 Å². The number of carbonyl (C=O) groups is 4. The third kappa shape index (κ3) is 5.87. The fraction of sp³-hybridized carbons (Fsp3) is 0.438. The molecule has 0 saturated carbocycles. The lowest BCUT2D eigenvalue weighted by Crippen LogP contribution is -2.17. The number of rotatable bonds is 8. The van der Waals surface area contributed by atoms with E-state index in [1.165, 1.54) is 36.9 Å². The number of amides is 2. The lowest BCUT2D eigenvalue weighted by atomic mass is 9.85. The van der Waals surface area contributed by atoms with Gasteiger partial charge in [-0.1, -0.05) is 26.7 Å². The molecular weight excluding hydrogens is 572 g/mol. The van der Waals surface area contributed by atoms with Crippen LogP contribution in [0.4, 0.5) is 10.0 Å². The van der Waals surface area contributed by atoms with E-state index in [2.05, 4.69) is 24.5 Å². The minimum Gasteiger partial charge on any atom is -0.465 e. The summed E-state index contributed by atoms with van der Waals surface area (Å²) in [4.78, 5) is 53.9. The van der Waals surface area contributed by atoms with E-state index in [0.717, 1.165) is 72.2 Å². The van der Waals surface area contributed by atoms with E-state index >= 15 is 0 Å². The Morgan fingerprint density at radius 3 is 1.43 bits per heavy atom. The van der Waals surface area contributed by atoms with Crippen LogP contribution in [0, 0.1) is 11.8 Å². The minimum absolute atomic E-state index is 0.354. The predicted octanol–water partition coefficient (Wildman–Crippen LogP) is 6.92. The van der Waals surface area contributed by atoms with Crippen LogP contribution < -0.4 is 10.6 Å². The van der Waals surface area contributed by atoms with Crippen LogP contribution >= 0.6 is 22.7 Å². The van der Waals surface area contributed by atoms with Crippen LogP contribution in [0.15, 0.2) is 24.3 Å². The summed E-state index contributed by atoms with van der Waals surface area (Å²) in [6.07, 6.45) is 7.53. The summed E-state index contributed by atoms with van der Waals surface area (Å²) < 4.78 is 10.1. The summed E-state index contributed by atoms with van der Waals surface area (Å²) >= 11 is 2.88. The first-order valence-corrected chi connectivity index (χ1v) is 16.1. The number of anilines is 2. The molecule has 222 valence electrons. The quantitative estimate of drug-likeness (QED) is 0.269. The maximum atomic E-state index is 13.2. The number of fused-ring (bicyclic) bond motifs is 2. The number of nitrogens with one attached hydrogen (secondary N) is 2. The number of thiophene rings is 2. The van der Waals surface area contributed by atoms with Gasteiger partial charge in [0.15, 0.2) is 0 Å². The minimum atomic E-state index is -0.448. The Morgan fingerprint density at radius 1 is 0.714 bits per heavy atom. The Balaban J connectivity index is 1.32. The topological polar surface area (TPSA) is 111 Å². The van der Waals surface area contributed by atoms with Crippen molar-refractivity contribution in [2.45, 2.75) is 65.2 Å². The van der Waals surface area contributed by atoms with Crippen LogP contribution in [0.5, 0.6) is 0 Å². The number of benzene rings is 1. The normalized spacial score (nSPS) is 17.5. The summed E-state index contributed by atoms with van der Waals surface area (Å²) in [5.41, 5.74) is 3.56. The molecule has 8 nitrogen and oxygen atoms in total. The number of hydrogen-bond donors (Lipinski definition) is 2. The van der Waals surface area contributed by atoms with Gasteiger partial charge in [0.25, 0.3) is 11.8 Å². The first-order valence-electron chi connectivity index (χ1n) is 14.5. The lowest BCUT2D eigenvalue weighted by molar-refractivity contribution is 0.0591. The second kappa shape index (κ2) is 12.8. The molecule has 2 amide bonds. The summed E-state index contributed by atoms with van der Waals surface area (Å²) in [5, 5.41) is 6.82. The van der Waals surface area contributed by atoms with Crippen LogP contribution in [0.2, 0.25) is 0 Å². The monoisotopic (exact) mass is 608 g/mol. The van der Waals surface area contributed by atoms with Crippen LogP contribution in [-0.2, 0) is 35.2 Å². The van der Waals surface area contributed by atoms with Gasteiger partial charge < -0.3 is 20.1 Å². The van der Waals surface area contributed by atoms with Gasteiger partial charge in [0.05, 0.1) is 25.3 Å². The highest BCUT2D eigenvalue weighted by Gasteiger charge is 2.31. The van der Waals surface area contributed by atoms with Gasteiger partial charge >= 0.3 is 11.9 Å². The first kappa shape index (κ1) is 30.0. The largest absolute Gasteiger partial charge is 0.465 e. The SMILES string of the molecule is CCC1CCc2c(sc(NC(=O)c3ccc(C(=O)Nc4sc5c(c4C(=O)OC)CCC(CC)C5)cc3)c2C(=O)OC)C1. The Morgan fingerprint density at radius 2 is 1.10 bits per heavy atom. The van der Waals surface area contributed by atoms with Crippen molar-refractivity contribution in [2.24, 2.45) is 11.8 Å². The van der Waals surface area contributed by atoms with Gasteiger partial charge in [-0.05, 0) is 85.8 Å².